The van der Waals surface area contributed by atoms with Gasteiger partial charge in [0.1, 0.15) is 11.5 Å². The molecule has 2 rings (SSSR count). The lowest BCUT2D eigenvalue weighted by Gasteiger charge is -2.20. The maximum absolute atomic E-state index is 13.9. The number of methoxy groups -OCH3 is 1. The SMILES string of the molecule is CCCNC(c1ccc(C)c(F)c1)c1nccnc1OC. The zero-order chi connectivity index (χ0) is 15.2. The summed E-state index contributed by atoms with van der Waals surface area (Å²) in [7, 11) is 1.56. The van der Waals surface area contributed by atoms with Crippen molar-refractivity contribution in [1.29, 1.82) is 0 Å². The van der Waals surface area contributed by atoms with Crippen molar-refractivity contribution in [2.24, 2.45) is 0 Å². The standard InChI is InChI=1S/C16H20FN3O/c1-4-7-18-14(12-6-5-11(2)13(17)10-12)15-16(21-3)20-9-8-19-15/h5-6,8-10,14,18H,4,7H2,1-3H3. The highest BCUT2D eigenvalue weighted by molar-refractivity contribution is 5.34. The summed E-state index contributed by atoms with van der Waals surface area (Å²) in [5.41, 5.74) is 2.10. The van der Waals surface area contributed by atoms with Gasteiger partial charge in [0, 0.05) is 12.4 Å². The van der Waals surface area contributed by atoms with Gasteiger partial charge in [-0.05, 0) is 37.1 Å². The quantitative estimate of drug-likeness (QED) is 0.888. The number of nitrogens with one attached hydrogen (secondary N) is 1. The Kier molecular flexibility index (Phi) is 5.22. The molecule has 1 unspecified atom stereocenters. The van der Waals surface area contributed by atoms with E-state index in [9.17, 15) is 4.39 Å². The van der Waals surface area contributed by atoms with E-state index in [4.69, 9.17) is 4.74 Å². The van der Waals surface area contributed by atoms with Crippen LogP contribution in [0.1, 0.15) is 36.2 Å². The van der Waals surface area contributed by atoms with Gasteiger partial charge in [0.2, 0.25) is 5.88 Å². The molecule has 0 aliphatic rings. The van der Waals surface area contributed by atoms with Crippen LogP contribution in [0.3, 0.4) is 0 Å². The Morgan fingerprint density at radius 1 is 1.29 bits per heavy atom. The van der Waals surface area contributed by atoms with Crippen LogP contribution in [-0.4, -0.2) is 23.6 Å². The van der Waals surface area contributed by atoms with Gasteiger partial charge >= 0.3 is 0 Å². The number of benzene rings is 1. The molecule has 0 spiro atoms. The lowest BCUT2D eigenvalue weighted by molar-refractivity contribution is 0.382. The predicted molar refractivity (Wildman–Crippen MR) is 79.9 cm³/mol. The molecule has 2 aromatic rings. The molecule has 1 aromatic heterocycles. The third kappa shape index (κ3) is 3.55. The third-order valence-electron chi connectivity index (χ3n) is 3.29. The van der Waals surface area contributed by atoms with Crippen LogP contribution in [-0.2, 0) is 0 Å². The molecule has 5 heteroatoms. The monoisotopic (exact) mass is 289 g/mol. The van der Waals surface area contributed by atoms with Crippen LogP contribution in [0.5, 0.6) is 5.88 Å². The first-order chi connectivity index (χ1) is 10.2. The molecular weight excluding hydrogens is 269 g/mol. The van der Waals surface area contributed by atoms with Gasteiger partial charge in [-0.3, -0.25) is 4.98 Å². The summed E-state index contributed by atoms with van der Waals surface area (Å²) in [5, 5.41) is 3.37. The van der Waals surface area contributed by atoms with E-state index >= 15 is 0 Å². The lowest BCUT2D eigenvalue weighted by Crippen LogP contribution is -2.25. The normalized spacial score (nSPS) is 12.2. The van der Waals surface area contributed by atoms with Crippen molar-refractivity contribution in [3.63, 3.8) is 0 Å². The second kappa shape index (κ2) is 7.13. The van der Waals surface area contributed by atoms with Gasteiger partial charge in [-0.1, -0.05) is 19.1 Å². The zero-order valence-corrected chi connectivity index (χ0v) is 12.6. The molecule has 0 bridgehead atoms. The first-order valence-corrected chi connectivity index (χ1v) is 7.01. The van der Waals surface area contributed by atoms with E-state index < -0.39 is 0 Å². The minimum absolute atomic E-state index is 0.223. The van der Waals surface area contributed by atoms with Crippen molar-refractivity contribution in [1.82, 2.24) is 15.3 Å². The maximum atomic E-state index is 13.9. The molecule has 21 heavy (non-hydrogen) atoms. The van der Waals surface area contributed by atoms with E-state index in [1.807, 2.05) is 6.07 Å². The van der Waals surface area contributed by atoms with Crippen molar-refractivity contribution in [2.45, 2.75) is 26.3 Å². The molecule has 1 heterocycles. The fourth-order valence-electron chi connectivity index (χ4n) is 2.14. The van der Waals surface area contributed by atoms with Gasteiger partial charge in [0.15, 0.2) is 0 Å². The Balaban J connectivity index is 2.44. The van der Waals surface area contributed by atoms with E-state index in [0.717, 1.165) is 18.5 Å². The predicted octanol–water partition coefficient (Wildman–Crippen LogP) is 3.02. The largest absolute Gasteiger partial charge is 0.480 e. The molecule has 112 valence electrons. The summed E-state index contributed by atoms with van der Waals surface area (Å²) in [6, 6.07) is 4.97. The van der Waals surface area contributed by atoms with Crippen LogP contribution in [0, 0.1) is 12.7 Å². The molecule has 0 aliphatic carbocycles. The average molecular weight is 289 g/mol. The zero-order valence-electron chi connectivity index (χ0n) is 12.6. The van der Waals surface area contributed by atoms with Crippen LogP contribution in [0.2, 0.25) is 0 Å². The van der Waals surface area contributed by atoms with Gasteiger partial charge in [0.05, 0.1) is 13.2 Å². The Labute approximate surface area is 124 Å². The van der Waals surface area contributed by atoms with E-state index in [1.54, 1.807) is 32.5 Å². The van der Waals surface area contributed by atoms with Crippen molar-refractivity contribution in [3.8, 4) is 5.88 Å². The average Bonchev–Trinajstić information content (AvgIpc) is 2.51. The summed E-state index contributed by atoms with van der Waals surface area (Å²) >= 11 is 0. The topological polar surface area (TPSA) is 47.0 Å². The van der Waals surface area contributed by atoms with Crippen LogP contribution in [0.25, 0.3) is 0 Å². The van der Waals surface area contributed by atoms with E-state index in [1.165, 1.54) is 6.07 Å². The minimum Gasteiger partial charge on any atom is -0.480 e. The highest BCUT2D eigenvalue weighted by Gasteiger charge is 2.20. The lowest BCUT2D eigenvalue weighted by atomic mass is 10.0. The number of nitrogens with zero attached hydrogens (tertiary/aromatic N) is 2. The van der Waals surface area contributed by atoms with E-state index in [2.05, 4.69) is 22.2 Å². The van der Waals surface area contributed by atoms with Gasteiger partial charge in [-0.2, -0.15) is 0 Å². The molecule has 1 N–H and O–H groups in total. The second-order valence-corrected chi connectivity index (χ2v) is 4.85. The summed E-state index contributed by atoms with van der Waals surface area (Å²) in [5.74, 6) is 0.228. The number of ether oxygens (including phenoxy) is 1. The Bertz CT molecular complexity index is 604. The van der Waals surface area contributed by atoms with Gasteiger partial charge in [-0.25, -0.2) is 9.37 Å². The van der Waals surface area contributed by atoms with Crippen LogP contribution >= 0.6 is 0 Å². The molecule has 0 fully saturated rings. The summed E-state index contributed by atoms with van der Waals surface area (Å²) < 4.78 is 19.1. The molecule has 4 nitrogen and oxygen atoms in total. The van der Waals surface area contributed by atoms with Crippen molar-refractivity contribution in [3.05, 3.63) is 53.2 Å². The van der Waals surface area contributed by atoms with Gasteiger partial charge < -0.3 is 10.1 Å². The fraction of sp³-hybridized carbons (Fsp3) is 0.375. The number of hydrogen-bond donors (Lipinski definition) is 1. The second-order valence-electron chi connectivity index (χ2n) is 4.85. The van der Waals surface area contributed by atoms with Crippen molar-refractivity contribution >= 4 is 0 Å². The number of rotatable bonds is 6. The molecule has 0 amide bonds. The highest BCUT2D eigenvalue weighted by Crippen LogP contribution is 2.27. The van der Waals surface area contributed by atoms with Crippen LogP contribution in [0.15, 0.2) is 30.6 Å². The summed E-state index contributed by atoms with van der Waals surface area (Å²) in [4.78, 5) is 8.53. The molecule has 1 aromatic carbocycles. The fourth-order valence-corrected chi connectivity index (χ4v) is 2.14. The van der Waals surface area contributed by atoms with E-state index in [0.29, 0.717) is 17.1 Å². The molecule has 0 saturated heterocycles. The third-order valence-corrected chi connectivity index (χ3v) is 3.29. The van der Waals surface area contributed by atoms with E-state index in [-0.39, 0.29) is 11.9 Å². The molecule has 0 aliphatic heterocycles. The first kappa shape index (κ1) is 15.4. The van der Waals surface area contributed by atoms with Crippen molar-refractivity contribution < 1.29 is 9.13 Å². The molecular formula is C16H20FN3O. The summed E-state index contributed by atoms with van der Waals surface area (Å²) in [6.45, 7) is 4.62. The van der Waals surface area contributed by atoms with Crippen LogP contribution < -0.4 is 10.1 Å². The highest BCUT2D eigenvalue weighted by atomic mass is 19.1. The smallest absolute Gasteiger partial charge is 0.237 e. The molecule has 0 radical (unpaired) electrons. The summed E-state index contributed by atoms with van der Waals surface area (Å²) in [6.07, 6.45) is 4.16. The molecule has 1 atom stereocenters. The maximum Gasteiger partial charge on any atom is 0.237 e. The number of hydrogen-bond acceptors (Lipinski definition) is 4. The van der Waals surface area contributed by atoms with Gasteiger partial charge in [-0.15, -0.1) is 0 Å². The first-order valence-electron chi connectivity index (χ1n) is 7.01. The Hall–Kier alpha value is -2.01. The van der Waals surface area contributed by atoms with Gasteiger partial charge in [0.25, 0.3) is 0 Å². The number of halogens is 1. The van der Waals surface area contributed by atoms with Crippen LogP contribution in [0.4, 0.5) is 4.39 Å². The Morgan fingerprint density at radius 3 is 2.71 bits per heavy atom. The van der Waals surface area contributed by atoms with Crippen molar-refractivity contribution in [2.75, 3.05) is 13.7 Å². The Morgan fingerprint density at radius 2 is 2.05 bits per heavy atom. The number of aromatic nitrogens is 2. The number of aryl methyl sites for hydroxylation is 1. The minimum atomic E-state index is -0.247. The molecule has 0 saturated carbocycles.